The van der Waals surface area contributed by atoms with E-state index in [2.05, 4.69) is 5.32 Å². The second-order valence-electron chi connectivity index (χ2n) is 4.95. The van der Waals surface area contributed by atoms with Crippen LogP contribution in [0.4, 0.5) is 0 Å². The summed E-state index contributed by atoms with van der Waals surface area (Å²) in [6.07, 6.45) is 5.14. The predicted molar refractivity (Wildman–Crippen MR) is 81.8 cm³/mol. The lowest BCUT2D eigenvalue weighted by Gasteiger charge is -2.23. The van der Waals surface area contributed by atoms with Gasteiger partial charge in [-0.05, 0) is 37.9 Å². The zero-order chi connectivity index (χ0) is 13.8. The molecule has 1 fully saturated rings. The van der Waals surface area contributed by atoms with Gasteiger partial charge in [0.25, 0.3) is 0 Å². The Morgan fingerprint density at radius 1 is 1.21 bits per heavy atom. The molecular formula is C14H18Cl3NO. The molecule has 5 heteroatoms. The fourth-order valence-corrected chi connectivity index (χ4v) is 3.58. The molecule has 1 atom stereocenters. The summed E-state index contributed by atoms with van der Waals surface area (Å²) in [6, 6.07) is 3.63. The van der Waals surface area contributed by atoms with E-state index in [9.17, 15) is 0 Å². The van der Waals surface area contributed by atoms with Crippen molar-refractivity contribution in [3.8, 4) is 5.75 Å². The van der Waals surface area contributed by atoms with E-state index >= 15 is 0 Å². The van der Waals surface area contributed by atoms with Crippen LogP contribution >= 0.6 is 34.8 Å². The SMILES string of the molecule is CNC(COc1c(Cl)cc(Cl)cc1Cl)C1CCCC1. The molecule has 0 aliphatic heterocycles. The molecule has 106 valence electrons. The minimum atomic E-state index is 0.338. The topological polar surface area (TPSA) is 21.3 Å². The summed E-state index contributed by atoms with van der Waals surface area (Å²) < 4.78 is 5.80. The van der Waals surface area contributed by atoms with E-state index in [-0.39, 0.29) is 0 Å². The summed E-state index contributed by atoms with van der Waals surface area (Å²) in [5.41, 5.74) is 0. The first-order valence-electron chi connectivity index (χ1n) is 6.56. The van der Waals surface area contributed by atoms with Gasteiger partial charge in [-0.15, -0.1) is 0 Å². The van der Waals surface area contributed by atoms with Gasteiger partial charge in [0.15, 0.2) is 5.75 Å². The minimum absolute atomic E-state index is 0.338. The number of halogens is 3. The van der Waals surface area contributed by atoms with Crippen LogP contribution < -0.4 is 10.1 Å². The molecule has 1 aliphatic rings. The highest BCUT2D eigenvalue weighted by Gasteiger charge is 2.24. The third kappa shape index (κ3) is 3.91. The minimum Gasteiger partial charge on any atom is -0.489 e. The Labute approximate surface area is 129 Å². The van der Waals surface area contributed by atoms with Crippen LogP contribution in [0.15, 0.2) is 12.1 Å². The normalized spacial score (nSPS) is 17.7. The van der Waals surface area contributed by atoms with E-state index in [0.29, 0.717) is 39.4 Å². The first kappa shape index (κ1) is 15.2. The number of ether oxygens (including phenoxy) is 1. The Bertz CT molecular complexity index is 410. The molecule has 2 rings (SSSR count). The number of likely N-dealkylation sites (N-methyl/N-ethyl adjacent to an activating group) is 1. The average Bonchev–Trinajstić information content (AvgIpc) is 2.86. The zero-order valence-electron chi connectivity index (χ0n) is 10.9. The summed E-state index contributed by atoms with van der Waals surface area (Å²) in [5, 5.41) is 4.76. The van der Waals surface area contributed by atoms with Gasteiger partial charge in [0.1, 0.15) is 6.61 Å². The summed E-state index contributed by atoms with van der Waals surface area (Å²) in [4.78, 5) is 0. The van der Waals surface area contributed by atoms with Gasteiger partial charge in [-0.1, -0.05) is 47.6 Å². The molecule has 0 radical (unpaired) electrons. The number of nitrogens with one attached hydrogen (secondary N) is 1. The largest absolute Gasteiger partial charge is 0.489 e. The van der Waals surface area contributed by atoms with Gasteiger partial charge in [0.2, 0.25) is 0 Å². The first-order valence-corrected chi connectivity index (χ1v) is 7.70. The molecule has 1 unspecified atom stereocenters. The van der Waals surface area contributed by atoms with E-state index in [1.807, 2.05) is 7.05 Å². The van der Waals surface area contributed by atoms with E-state index in [0.717, 1.165) is 0 Å². The fraction of sp³-hybridized carbons (Fsp3) is 0.571. The highest BCUT2D eigenvalue weighted by Crippen LogP contribution is 2.36. The van der Waals surface area contributed by atoms with Gasteiger partial charge in [-0.3, -0.25) is 0 Å². The van der Waals surface area contributed by atoms with E-state index in [1.54, 1.807) is 12.1 Å². The number of hydrogen-bond acceptors (Lipinski definition) is 2. The van der Waals surface area contributed by atoms with Crippen molar-refractivity contribution in [3.63, 3.8) is 0 Å². The van der Waals surface area contributed by atoms with Crippen LogP contribution in [0.5, 0.6) is 5.75 Å². The molecule has 1 N–H and O–H groups in total. The summed E-state index contributed by atoms with van der Waals surface area (Å²) in [7, 11) is 1.97. The lowest BCUT2D eigenvalue weighted by molar-refractivity contribution is 0.225. The highest BCUT2D eigenvalue weighted by molar-refractivity contribution is 6.40. The quantitative estimate of drug-likeness (QED) is 0.840. The van der Waals surface area contributed by atoms with Crippen LogP contribution in [0, 0.1) is 5.92 Å². The van der Waals surface area contributed by atoms with Crippen molar-refractivity contribution in [3.05, 3.63) is 27.2 Å². The molecule has 1 aromatic carbocycles. The molecule has 0 aromatic heterocycles. The number of hydrogen-bond donors (Lipinski definition) is 1. The van der Waals surface area contributed by atoms with Gasteiger partial charge in [0, 0.05) is 11.1 Å². The van der Waals surface area contributed by atoms with Crippen LogP contribution in [-0.2, 0) is 0 Å². The standard InChI is InChI=1S/C14H18Cl3NO/c1-18-13(9-4-2-3-5-9)8-19-14-11(16)6-10(15)7-12(14)17/h6-7,9,13,18H,2-5,8H2,1H3. The van der Waals surface area contributed by atoms with Crippen molar-refractivity contribution < 1.29 is 4.74 Å². The van der Waals surface area contributed by atoms with Gasteiger partial charge in [-0.2, -0.15) is 0 Å². The Kier molecular flexibility index (Phi) is 5.64. The average molecular weight is 323 g/mol. The first-order chi connectivity index (χ1) is 9.11. The van der Waals surface area contributed by atoms with E-state index < -0.39 is 0 Å². The second-order valence-corrected chi connectivity index (χ2v) is 6.20. The lowest BCUT2D eigenvalue weighted by atomic mass is 9.99. The molecule has 1 aliphatic carbocycles. The summed E-state index contributed by atoms with van der Waals surface area (Å²) >= 11 is 18.1. The molecule has 0 amide bonds. The monoisotopic (exact) mass is 321 g/mol. The maximum Gasteiger partial charge on any atom is 0.156 e. The van der Waals surface area contributed by atoms with Gasteiger partial charge < -0.3 is 10.1 Å². The van der Waals surface area contributed by atoms with Crippen molar-refractivity contribution >= 4 is 34.8 Å². The molecular weight excluding hydrogens is 305 g/mol. The van der Waals surface area contributed by atoms with Crippen LogP contribution in [0.3, 0.4) is 0 Å². The van der Waals surface area contributed by atoms with Gasteiger partial charge in [-0.25, -0.2) is 0 Å². The Morgan fingerprint density at radius 3 is 2.32 bits per heavy atom. The smallest absolute Gasteiger partial charge is 0.156 e. The molecule has 19 heavy (non-hydrogen) atoms. The van der Waals surface area contributed by atoms with Crippen LogP contribution in [0.1, 0.15) is 25.7 Å². The molecule has 0 saturated heterocycles. The lowest BCUT2D eigenvalue weighted by Crippen LogP contribution is -2.37. The van der Waals surface area contributed by atoms with Crippen molar-refractivity contribution in [2.75, 3.05) is 13.7 Å². The van der Waals surface area contributed by atoms with Crippen molar-refractivity contribution in [2.24, 2.45) is 5.92 Å². The fourth-order valence-electron chi connectivity index (χ4n) is 2.65. The third-order valence-electron chi connectivity index (χ3n) is 3.71. The number of rotatable bonds is 5. The highest BCUT2D eigenvalue weighted by atomic mass is 35.5. The molecule has 1 aromatic rings. The maximum absolute atomic E-state index is 6.11. The van der Waals surface area contributed by atoms with Gasteiger partial charge in [0.05, 0.1) is 10.0 Å². The zero-order valence-corrected chi connectivity index (χ0v) is 13.2. The molecule has 0 bridgehead atoms. The Morgan fingerprint density at radius 2 is 1.79 bits per heavy atom. The van der Waals surface area contributed by atoms with Crippen molar-refractivity contribution in [1.29, 1.82) is 0 Å². The molecule has 2 nitrogen and oxygen atoms in total. The van der Waals surface area contributed by atoms with Crippen molar-refractivity contribution in [2.45, 2.75) is 31.7 Å². The van der Waals surface area contributed by atoms with Crippen LogP contribution in [0.2, 0.25) is 15.1 Å². The van der Waals surface area contributed by atoms with Crippen molar-refractivity contribution in [1.82, 2.24) is 5.32 Å². The van der Waals surface area contributed by atoms with E-state index in [1.165, 1.54) is 25.7 Å². The predicted octanol–water partition coefficient (Wildman–Crippen LogP) is 4.80. The van der Waals surface area contributed by atoms with Crippen LogP contribution in [-0.4, -0.2) is 19.7 Å². The van der Waals surface area contributed by atoms with Crippen LogP contribution in [0.25, 0.3) is 0 Å². The van der Waals surface area contributed by atoms with Gasteiger partial charge >= 0.3 is 0 Å². The van der Waals surface area contributed by atoms with E-state index in [4.69, 9.17) is 39.5 Å². The molecule has 0 heterocycles. The third-order valence-corrected chi connectivity index (χ3v) is 4.49. The molecule has 1 saturated carbocycles. The Hall–Kier alpha value is -0.150. The maximum atomic E-state index is 6.11. The summed E-state index contributed by atoms with van der Waals surface area (Å²) in [5.74, 6) is 1.20. The Balaban J connectivity index is 2.01. The number of benzene rings is 1. The summed E-state index contributed by atoms with van der Waals surface area (Å²) in [6.45, 7) is 0.572. The second kappa shape index (κ2) is 7.03. The molecule has 0 spiro atoms.